The Balaban J connectivity index is 1.32. The molecule has 6 heteroatoms. The second kappa shape index (κ2) is 8.91. The van der Waals surface area contributed by atoms with Crippen molar-refractivity contribution in [2.45, 2.75) is 30.7 Å². The van der Waals surface area contributed by atoms with Gasteiger partial charge in [0.25, 0.3) is 0 Å². The molecule has 4 N–H and O–H groups in total. The molecule has 0 unspecified atom stereocenters. The zero-order valence-corrected chi connectivity index (χ0v) is 18.9. The second-order valence-electron chi connectivity index (χ2n) is 8.87. The van der Waals surface area contributed by atoms with E-state index in [2.05, 4.69) is 59.2 Å². The third-order valence-electron chi connectivity index (χ3n) is 6.97. The fourth-order valence-corrected chi connectivity index (χ4v) is 5.90. The highest BCUT2D eigenvalue weighted by Crippen LogP contribution is 2.55. The summed E-state index contributed by atoms with van der Waals surface area (Å²) in [6.07, 6.45) is 1.08. The topological polar surface area (TPSA) is 84.2 Å². The molecule has 2 atom stereocenters. The molecule has 168 valence electrons. The van der Waals surface area contributed by atoms with Crippen LogP contribution >= 0.6 is 11.6 Å². The Labute approximate surface area is 198 Å². The average Bonchev–Trinajstić information content (AvgIpc) is 2.82. The van der Waals surface area contributed by atoms with Crippen molar-refractivity contribution in [2.75, 3.05) is 6.54 Å². The predicted octanol–water partition coefficient (Wildman–Crippen LogP) is 4.85. The number of halogens is 1. The molecule has 2 bridgehead atoms. The van der Waals surface area contributed by atoms with Crippen molar-refractivity contribution in [3.63, 3.8) is 0 Å². The molecule has 6 rings (SSSR count). The summed E-state index contributed by atoms with van der Waals surface area (Å²) in [5.74, 6) is 0.797. The molecule has 0 spiro atoms. The summed E-state index contributed by atoms with van der Waals surface area (Å²) in [6.45, 7) is 0.578. The number of rotatable bonds is 6. The zero-order valence-electron chi connectivity index (χ0n) is 18.1. The lowest BCUT2D eigenvalue weighted by molar-refractivity contribution is -0.121. The summed E-state index contributed by atoms with van der Waals surface area (Å²) in [6, 6.07) is 23.2. The highest BCUT2D eigenvalue weighted by molar-refractivity contribution is 6.31. The van der Waals surface area contributed by atoms with Crippen LogP contribution in [0.15, 0.2) is 72.8 Å². The Hall–Kier alpha value is -3.31. The van der Waals surface area contributed by atoms with Gasteiger partial charge in [-0.15, -0.1) is 0 Å². The number of primary amides is 1. The van der Waals surface area contributed by atoms with Crippen molar-refractivity contribution in [2.24, 2.45) is 11.7 Å². The fraction of sp³-hybridized carbons (Fsp3) is 0.259. The van der Waals surface area contributed by atoms with Crippen molar-refractivity contribution >= 4 is 23.5 Å². The Morgan fingerprint density at radius 2 is 1.48 bits per heavy atom. The van der Waals surface area contributed by atoms with E-state index in [0.717, 1.165) is 6.42 Å². The number of carbonyl (C=O) groups excluding carboxylic acids is 2. The third kappa shape index (κ3) is 4.09. The smallest absolute Gasteiger partial charge is 0.312 e. The quantitative estimate of drug-likeness (QED) is 0.492. The predicted molar refractivity (Wildman–Crippen MR) is 129 cm³/mol. The minimum atomic E-state index is -0.689. The molecule has 3 aromatic rings. The van der Waals surface area contributed by atoms with Gasteiger partial charge in [0.15, 0.2) is 0 Å². The van der Waals surface area contributed by atoms with E-state index in [1.54, 1.807) is 18.2 Å². The highest BCUT2D eigenvalue weighted by Gasteiger charge is 2.42. The molecule has 0 aromatic heterocycles. The van der Waals surface area contributed by atoms with Crippen LogP contribution in [0.4, 0.5) is 4.79 Å². The Bertz CT molecular complexity index is 1160. The summed E-state index contributed by atoms with van der Waals surface area (Å²) >= 11 is 6.30. The minimum Gasteiger partial charge on any atom is -0.356 e. The van der Waals surface area contributed by atoms with Gasteiger partial charge in [0, 0.05) is 23.4 Å². The van der Waals surface area contributed by atoms with E-state index in [9.17, 15) is 9.59 Å². The number of benzene rings is 3. The summed E-state index contributed by atoms with van der Waals surface area (Å²) in [5, 5.41) is 6.26. The van der Waals surface area contributed by atoms with Gasteiger partial charge >= 0.3 is 6.03 Å². The zero-order chi connectivity index (χ0) is 22.9. The first kappa shape index (κ1) is 21.5. The van der Waals surface area contributed by atoms with Gasteiger partial charge < -0.3 is 16.4 Å². The molecule has 0 aliphatic heterocycles. The van der Waals surface area contributed by atoms with Crippen molar-refractivity contribution in [1.29, 1.82) is 0 Å². The standard InChI is InChI=1S/C27H26ClN3O2/c28-23-12-6-5-11-21(23)24(31-27(29)33)14-25(32)30-15-16-13-22-17-7-1-3-9-19(17)26(16)20-10-4-2-8-18(20)22/h1-12,16,22,24,26H,13-15H2,(H,30,32)(H3,29,31,33)/t16-,22?,24-,26?/m1/s1. The van der Waals surface area contributed by atoms with Crippen LogP contribution < -0.4 is 16.4 Å². The maximum atomic E-state index is 12.9. The minimum absolute atomic E-state index is 0.0701. The van der Waals surface area contributed by atoms with Gasteiger partial charge in [0.05, 0.1) is 12.5 Å². The van der Waals surface area contributed by atoms with Gasteiger partial charge in [0.1, 0.15) is 0 Å². The van der Waals surface area contributed by atoms with Crippen LogP contribution in [0, 0.1) is 5.92 Å². The van der Waals surface area contributed by atoms with Gasteiger partial charge in [-0.3, -0.25) is 4.79 Å². The highest BCUT2D eigenvalue weighted by atomic mass is 35.5. The van der Waals surface area contributed by atoms with Crippen LogP contribution in [-0.2, 0) is 4.79 Å². The molecule has 33 heavy (non-hydrogen) atoms. The average molecular weight is 460 g/mol. The lowest BCUT2D eigenvalue weighted by Gasteiger charge is -2.45. The molecule has 0 saturated carbocycles. The number of urea groups is 1. The number of hydrogen-bond donors (Lipinski definition) is 3. The Kier molecular flexibility index (Phi) is 5.81. The summed E-state index contributed by atoms with van der Waals surface area (Å²) < 4.78 is 0. The van der Waals surface area contributed by atoms with E-state index in [-0.39, 0.29) is 18.2 Å². The van der Waals surface area contributed by atoms with Crippen LogP contribution in [0.3, 0.4) is 0 Å². The van der Waals surface area contributed by atoms with Gasteiger partial charge in [-0.25, -0.2) is 4.79 Å². The van der Waals surface area contributed by atoms with E-state index in [1.807, 2.05) is 6.07 Å². The number of carbonyl (C=O) groups is 2. The van der Waals surface area contributed by atoms with Crippen molar-refractivity contribution < 1.29 is 9.59 Å². The van der Waals surface area contributed by atoms with E-state index >= 15 is 0 Å². The lowest BCUT2D eigenvalue weighted by atomic mass is 9.59. The van der Waals surface area contributed by atoms with Crippen molar-refractivity contribution in [3.8, 4) is 0 Å². The number of nitrogens with one attached hydrogen (secondary N) is 2. The monoisotopic (exact) mass is 459 g/mol. The third-order valence-corrected chi connectivity index (χ3v) is 7.32. The first-order chi connectivity index (χ1) is 16.0. The molecule has 3 aliphatic rings. The van der Waals surface area contributed by atoms with E-state index < -0.39 is 12.1 Å². The summed E-state index contributed by atoms with van der Waals surface area (Å²) in [5.41, 5.74) is 11.6. The van der Waals surface area contributed by atoms with E-state index in [0.29, 0.717) is 29.0 Å². The molecule has 3 aliphatic carbocycles. The van der Waals surface area contributed by atoms with Crippen molar-refractivity contribution in [3.05, 3.63) is 106 Å². The molecular weight excluding hydrogens is 434 g/mol. The van der Waals surface area contributed by atoms with Crippen LogP contribution in [0.2, 0.25) is 5.02 Å². The number of hydrogen-bond acceptors (Lipinski definition) is 2. The molecule has 5 nitrogen and oxygen atoms in total. The first-order valence-corrected chi connectivity index (χ1v) is 11.7. The van der Waals surface area contributed by atoms with Gasteiger partial charge in [-0.05, 0) is 46.2 Å². The van der Waals surface area contributed by atoms with Crippen LogP contribution in [-0.4, -0.2) is 18.5 Å². The maximum absolute atomic E-state index is 12.9. The van der Waals surface area contributed by atoms with E-state index in [4.69, 9.17) is 17.3 Å². The summed E-state index contributed by atoms with van der Waals surface area (Å²) in [7, 11) is 0. The SMILES string of the molecule is NC(=O)N[C@H](CC(=O)NC[C@H]1CC2c3ccccc3C1c1ccccc12)c1ccccc1Cl. The van der Waals surface area contributed by atoms with Gasteiger partial charge in [-0.2, -0.15) is 0 Å². The van der Waals surface area contributed by atoms with Gasteiger partial charge in [-0.1, -0.05) is 78.3 Å². The Morgan fingerprint density at radius 3 is 2.09 bits per heavy atom. The molecule has 0 radical (unpaired) electrons. The normalized spacial score (nSPS) is 20.9. The molecule has 0 saturated heterocycles. The number of nitrogens with two attached hydrogens (primary N) is 1. The maximum Gasteiger partial charge on any atom is 0.312 e. The second-order valence-corrected chi connectivity index (χ2v) is 9.28. The number of fused-ring (bicyclic) bond motifs is 1. The molecule has 3 amide bonds. The van der Waals surface area contributed by atoms with Crippen LogP contribution in [0.25, 0.3) is 0 Å². The van der Waals surface area contributed by atoms with Crippen LogP contribution in [0.1, 0.15) is 58.5 Å². The lowest BCUT2D eigenvalue weighted by Crippen LogP contribution is -2.41. The molecule has 0 heterocycles. The fourth-order valence-electron chi connectivity index (χ4n) is 5.63. The first-order valence-electron chi connectivity index (χ1n) is 11.3. The van der Waals surface area contributed by atoms with Gasteiger partial charge in [0.2, 0.25) is 5.91 Å². The van der Waals surface area contributed by atoms with Crippen molar-refractivity contribution in [1.82, 2.24) is 10.6 Å². The van der Waals surface area contributed by atoms with Crippen LogP contribution in [0.5, 0.6) is 0 Å². The molecule has 0 fully saturated rings. The summed E-state index contributed by atoms with van der Waals surface area (Å²) in [4.78, 5) is 24.5. The largest absolute Gasteiger partial charge is 0.356 e. The Morgan fingerprint density at radius 1 is 0.909 bits per heavy atom. The number of amides is 3. The molecular formula is C27H26ClN3O2. The van der Waals surface area contributed by atoms with E-state index in [1.165, 1.54) is 22.3 Å². The molecule has 3 aromatic carbocycles.